The zero-order valence-electron chi connectivity index (χ0n) is 17.5. The third-order valence-electron chi connectivity index (χ3n) is 5.55. The Hall–Kier alpha value is -2.84. The third-order valence-corrected chi connectivity index (χ3v) is 5.84. The number of nitrogens with zero attached hydrogens (tertiary/aromatic N) is 5. The second-order valence-corrected chi connectivity index (χ2v) is 8.69. The fourth-order valence-electron chi connectivity index (χ4n) is 4.36. The maximum Gasteiger partial charge on any atom is 0.162 e. The van der Waals surface area contributed by atoms with Gasteiger partial charge in [0.15, 0.2) is 5.82 Å². The highest BCUT2D eigenvalue weighted by molar-refractivity contribution is 6.36. The number of H-pyrrole nitrogens is 1. The van der Waals surface area contributed by atoms with E-state index in [9.17, 15) is 0 Å². The van der Waals surface area contributed by atoms with E-state index in [0.717, 1.165) is 46.3 Å². The molecule has 0 radical (unpaired) electrons. The molecule has 3 N–H and O–H groups in total. The number of aryl methyl sites for hydroxylation is 2. The Morgan fingerprint density at radius 1 is 1.17 bits per heavy atom. The molecule has 5 rings (SSSR count). The van der Waals surface area contributed by atoms with E-state index in [-0.39, 0.29) is 0 Å². The van der Waals surface area contributed by atoms with Crippen molar-refractivity contribution in [1.82, 2.24) is 30.3 Å². The summed E-state index contributed by atoms with van der Waals surface area (Å²) >= 11 is 6.72. The van der Waals surface area contributed by atoms with Gasteiger partial charge in [0.05, 0.1) is 22.1 Å². The molecule has 4 aromatic rings. The monoisotopic (exact) mass is 424 g/mol. The topological polar surface area (TPSA) is 86.7 Å². The number of hydrogen-bond acceptors (Lipinski definition) is 6. The summed E-state index contributed by atoms with van der Waals surface area (Å²) in [5, 5.41) is 20.5. The lowest BCUT2D eigenvalue weighted by molar-refractivity contribution is 0.407. The zero-order chi connectivity index (χ0) is 21.0. The molecule has 9 heteroatoms. The smallest absolute Gasteiger partial charge is 0.162 e. The highest BCUT2D eigenvalue weighted by atomic mass is 35.5. The van der Waals surface area contributed by atoms with Gasteiger partial charge in [-0.05, 0) is 44.5 Å². The summed E-state index contributed by atoms with van der Waals surface area (Å²) in [6.45, 7) is 8.32. The predicted molar refractivity (Wildman–Crippen MR) is 122 cm³/mol. The molecule has 1 aliphatic rings. The molecule has 1 fully saturated rings. The molecule has 30 heavy (non-hydrogen) atoms. The van der Waals surface area contributed by atoms with Gasteiger partial charge in [-0.25, -0.2) is 4.98 Å². The molecule has 3 aromatic heterocycles. The molecule has 2 atom stereocenters. The van der Waals surface area contributed by atoms with Crippen molar-refractivity contribution in [1.29, 1.82) is 0 Å². The molecule has 8 nitrogen and oxygen atoms in total. The molecular formula is C21H25ClN8. The van der Waals surface area contributed by atoms with Crippen molar-refractivity contribution in [3.8, 4) is 0 Å². The fourth-order valence-corrected chi connectivity index (χ4v) is 4.67. The average molecular weight is 425 g/mol. The quantitative estimate of drug-likeness (QED) is 0.464. The van der Waals surface area contributed by atoms with E-state index < -0.39 is 0 Å². The Balaban J connectivity index is 1.49. The first kappa shape index (κ1) is 19.1. The van der Waals surface area contributed by atoms with Crippen LogP contribution >= 0.6 is 11.6 Å². The number of piperazine rings is 1. The van der Waals surface area contributed by atoms with Crippen LogP contribution in [0, 0.1) is 6.92 Å². The first-order chi connectivity index (χ1) is 14.4. The largest absolute Gasteiger partial charge is 0.368 e. The number of hydrogen-bond donors (Lipinski definition) is 3. The number of aromatic nitrogens is 5. The van der Waals surface area contributed by atoms with Crippen molar-refractivity contribution < 1.29 is 0 Å². The summed E-state index contributed by atoms with van der Waals surface area (Å²) in [5.41, 5.74) is 4.80. The Bertz CT molecular complexity index is 1230. The van der Waals surface area contributed by atoms with Gasteiger partial charge in [0.25, 0.3) is 0 Å². The molecule has 0 spiro atoms. The Morgan fingerprint density at radius 3 is 2.70 bits per heavy atom. The lowest BCUT2D eigenvalue weighted by Crippen LogP contribution is -2.54. The van der Waals surface area contributed by atoms with Crippen molar-refractivity contribution in [2.75, 3.05) is 23.3 Å². The molecule has 4 heterocycles. The fraction of sp³-hybridized carbons (Fsp3) is 0.381. The number of benzene rings is 1. The summed E-state index contributed by atoms with van der Waals surface area (Å²) in [5.74, 6) is 1.38. The van der Waals surface area contributed by atoms with Gasteiger partial charge >= 0.3 is 0 Å². The first-order valence-electron chi connectivity index (χ1n) is 10.1. The molecular weight excluding hydrogens is 400 g/mol. The van der Waals surface area contributed by atoms with Crippen LogP contribution in [0.3, 0.4) is 0 Å². The van der Waals surface area contributed by atoms with Crippen molar-refractivity contribution in [2.24, 2.45) is 7.05 Å². The van der Waals surface area contributed by atoms with Crippen LogP contribution in [0.15, 0.2) is 24.4 Å². The second-order valence-electron chi connectivity index (χ2n) is 8.28. The van der Waals surface area contributed by atoms with E-state index in [2.05, 4.69) is 55.7 Å². The number of anilines is 3. The number of nitrogens with one attached hydrogen (secondary N) is 3. The molecule has 1 saturated heterocycles. The van der Waals surface area contributed by atoms with Gasteiger partial charge in [-0.1, -0.05) is 11.6 Å². The van der Waals surface area contributed by atoms with Crippen molar-refractivity contribution in [2.45, 2.75) is 32.9 Å². The summed E-state index contributed by atoms with van der Waals surface area (Å²) in [7, 11) is 1.90. The molecule has 1 aliphatic heterocycles. The van der Waals surface area contributed by atoms with E-state index >= 15 is 0 Å². The van der Waals surface area contributed by atoms with Gasteiger partial charge in [-0.15, -0.1) is 0 Å². The highest BCUT2D eigenvalue weighted by Crippen LogP contribution is 2.35. The minimum absolute atomic E-state index is 0.430. The first-order valence-corrected chi connectivity index (χ1v) is 10.5. The van der Waals surface area contributed by atoms with Gasteiger partial charge in [0.2, 0.25) is 0 Å². The van der Waals surface area contributed by atoms with Gasteiger partial charge in [0, 0.05) is 37.9 Å². The van der Waals surface area contributed by atoms with Crippen LogP contribution in [0.25, 0.3) is 21.9 Å². The van der Waals surface area contributed by atoms with Gasteiger partial charge in [-0.3, -0.25) is 9.78 Å². The second kappa shape index (κ2) is 7.14. The number of pyridine rings is 1. The van der Waals surface area contributed by atoms with Crippen LogP contribution < -0.4 is 15.5 Å². The number of aromatic amines is 1. The molecule has 0 bridgehead atoms. The van der Waals surface area contributed by atoms with E-state index in [0.29, 0.717) is 28.7 Å². The van der Waals surface area contributed by atoms with Crippen molar-refractivity contribution in [3.63, 3.8) is 0 Å². The van der Waals surface area contributed by atoms with Crippen LogP contribution in [0.1, 0.15) is 19.4 Å². The molecule has 0 aliphatic carbocycles. The Morgan fingerprint density at radius 2 is 1.93 bits per heavy atom. The van der Waals surface area contributed by atoms with Crippen LogP contribution in [0.2, 0.25) is 5.02 Å². The van der Waals surface area contributed by atoms with Crippen molar-refractivity contribution >= 4 is 50.9 Å². The van der Waals surface area contributed by atoms with Crippen LogP contribution in [0.4, 0.5) is 17.3 Å². The molecule has 0 saturated carbocycles. The van der Waals surface area contributed by atoms with Crippen LogP contribution in [-0.2, 0) is 7.05 Å². The molecule has 156 valence electrons. The number of fused-ring (bicyclic) bond motifs is 2. The predicted octanol–water partition coefficient (Wildman–Crippen LogP) is 3.74. The molecule has 0 unspecified atom stereocenters. The van der Waals surface area contributed by atoms with Gasteiger partial charge < -0.3 is 15.5 Å². The van der Waals surface area contributed by atoms with Gasteiger partial charge in [-0.2, -0.15) is 10.2 Å². The Labute approximate surface area is 179 Å². The summed E-state index contributed by atoms with van der Waals surface area (Å²) in [6.07, 6.45) is 1.91. The van der Waals surface area contributed by atoms with Gasteiger partial charge in [0.1, 0.15) is 16.9 Å². The third kappa shape index (κ3) is 3.36. The maximum absolute atomic E-state index is 6.72. The minimum Gasteiger partial charge on any atom is -0.368 e. The summed E-state index contributed by atoms with van der Waals surface area (Å²) in [6, 6.07) is 6.98. The van der Waals surface area contributed by atoms with Crippen LogP contribution in [-0.4, -0.2) is 50.1 Å². The lowest BCUT2D eigenvalue weighted by atomic mass is 10.1. The number of rotatable bonds is 3. The average Bonchev–Trinajstić information content (AvgIpc) is 3.24. The zero-order valence-corrected chi connectivity index (χ0v) is 18.2. The van der Waals surface area contributed by atoms with E-state index in [1.165, 1.54) is 0 Å². The molecule has 1 aromatic carbocycles. The Kier molecular flexibility index (Phi) is 4.56. The lowest BCUT2D eigenvalue weighted by Gasteiger charge is -2.37. The molecule has 0 amide bonds. The normalized spacial score (nSPS) is 19.7. The highest BCUT2D eigenvalue weighted by Gasteiger charge is 2.23. The standard InChI is InChI=1S/C21H25ClN8/c1-11-5-18(24-17-10-29(4)28-20(11)17)25-21-19-15(22)6-14(7-16(19)26-27-21)30-8-12(2)23-13(3)9-30/h5-7,10,12-13,23H,8-9H2,1-4H3,(H2,24,25,26,27)/t12-,13-/m0/s1. The van der Waals surface area contributed by atoms with E-state index in [1.54, 1.807) is 4.68 Å². The number of halogens is 1. The van der Waals surface area contributed by atoms with Crippen molar-refractivity contribution in [3.05, 3.63) is 35.0 Å². The summed E-state index contributed by atoms with van der Waals surface area (Å²) in [4.78, 5) is 7.04. The SMILES string of the molecule is Cc1cc(Nc2n[nH]c3cc(N4C[C@H](C)N[C@@H](C)C4)cc(Cl)c23)nc2cn(C)nc12. The summed E-state index contributed by atoms with van der Waals surface area (Å²) < 4.78 is 1.77. The minimum atomic E-state index is 0.430. The van der Waals surface area contributed by atoms with E-state index in [1.807, 2.05) is 32.3 Å². The maximum atomic E-state index is 6.72. The van der Waals surface area contributed by atoms with Crippen LogP contribution in [0.5, 0.6) is 0 Å². The van der Waals surface area contributed by atoms with E-state index in [4.69, 9.17) is 11.6 Å².